The van der Waals surface area contributed by atoms with E-state index in [1.165, 1.54) is 31.4 Å². The highest BCUT2D eigenvalue weighted by atomic mass is 15.3. The molecule has 3 nitrogen and oxygen atoms in total. The third-order valence-electron chi connectivity index (χ3n) is 4.07. The van der Waals surface area contributed by atoms with Crippen LogP contribution in [0.3, 0.4) is 0 Å². The van der Waals surface area contributed by atoms with Crippen LogP contribution in [0.5, 0.6) is 0 Å². The molecule has 0 amide bonds. The summed E-state index contributed by atoms with van der Waals surface area (Å²) in [5.74, 6) is 0.783. The predicted octanol–water partition coefficient (Wildman–Crippen LogP) is 3.95. The van der Waals surface area contributed by atoms with E-state index in [1.807, 2.05) is 0 Å². The Balaban J connectivity index is 2.83. The summed E-state index contributed by atoms with van der Waals surface area (Å²) in [5, 5.41) is 8.30. The molecular weight excluding hydrogens is 246 g/mol. The van der Waals surface area contributed by atoms with Crippen LogP contribution in [-0.4, -0.2) is 22.4 Å². The predicted molar refractivity (Wildman–Crippen MR) is 87.1 cm³/mol. The summed E-state index contributed by atoms with van der Waals surface area (Å²) < 4.78 is 2.16. The second kappa shape index (κ2) is 9.17. The van der Waals surface area contributed by atoms with Crippen molar-refractivity contribution < 1.29 is 0 Å². The first-order chi connectivity index (χ1) is 9.65. The third-order valence-corrected chi connectivity index (χ3v) is 4.07. The number of aromatic nitrogens is 2. The Hall–Kier alpha value is -0.830. The van der Waals surface area contributed by atoms with Crippen molar-refractivity contribution >= 4 is 0 Å². The van der Waals surface area contributed by atoms with Gasteiger partial charge in [0.1, 0.15) is 0 Å². The Kier molecular flexibility index (Phi) is 7.90. The lowest BCUT2D eigenvalue weighted by Gasteiger charge is -2.28. The molecule has 0 aliphatic heterocycles. The monoisotopic (exact) mass is 279 g/mol. The molecule has 1 N–H and O–H groups in total. The highest BCUT2D eigenvalue weighted by Gasteiger charge is 2.21. The molecule has 20 heavy (non-hydrogen) atoms. The lowest BCUT2D eigenvalue weighted by atomic mass is 9.87. The molecule has 0 aliphatic rings. The molecule has 0 saturated heterocycles. The maximum absolute atomic E-state index is 4.58. The second-order valence-electron chi connectivity index (χ2n) is 5.80. The summed E-state index contributed by atoms with van der Waals surface area (Å²) in [6.45, 7) is 13.1. The number of likely N-dealkylation sites (N-methyl/N-ethyl adjacent to an activating group) is 1. The zero-order chi connectivity index (χ0) is 15.0. The van der Waals surface area contributed by atoms with Gasteiger partial charge in [-0.05, 0) is 45.2 Å². The van der Waals surface area contributed by atoms with Crippen LogP contribution >= 0.6 is 0 Å². The van der Waals surface area contributed by atoms with Gasteiger partial charge in [0, 0.05) is 24.7 Å². The Labute approximate surface area is 125 Å². The molecule has 1 aromatic rings. The van der Waals surface area contributed by atoms with Crippen molar-refractivity contribution in [1.82, 2.24) is 15.1 Å². The van der Waals surface area contributed by atoms with E-state index in [4.69, 9.17) is 0 Å². The first-order valence-corrected chi connectivity index (χ1v) is 8.42. The van der Waals surface area contributed by atoms with Gasteiger partial charge in [-0.2, -0.15) is 5.10 Å². The lowest BCUT2D eigenvalue weighted by molar-refractivity contribution is 0.308. The summed E-state index contributed by atoms with van der Waals surface area (Å²) in [7, 11) is 0. The molecule has 0 radical (unpaired) electrons. The molecule has 0 spiro atoms. The fourth-order valence-electron chi connectivity index (χ4n) is 3.22. The van der Waals surface area contributed by atoms with Crippen LogP contribution in [-0.2, 0) is 13.0 Å². The molecule has 1 heterocycles. The third kappa shape index (κ3) is 4.93. The number of nitrogens with one attached hydrogen (secondary N) is 1. The van der Waals surface area contributed by atoms with Crippen molar-refractivity contribution in [3.8, 4) is 0 Å². The fraction of sp³-hybridized carbons (Fsp3) is 0.824. The molecular formula is C17H33N3. The molecule has 116 valence electrons. The largest absolute Gasteiger partial charge is 0.314 e. The SMILES string of the molecule is CCCC(CCC)C(Cc1cc(C)nn1CC)NCC. The van der Waals surface area contributed by atoms with E-state index >= 15 is 0 Å². The van der Waals surface area contributed by atoms with Crippen molar-refractivity contribution in [3.05, 3.63) is 17.5 Å². The van der Waals surface area contributed by atoms with E-state index in [0.29, 0.717) is 6.04 Å². The van der Waals surface area contributed by atoms with Gasteiger partial charge in [-0.1, -0.05) is 33.6 Å². The highest BCUT2D eigenvalue weighted by molar-refractivity contribution is 5.11. The molecule has 0 fully saturated rings. The van der Waals surface area contributed by atoms with Crippen molar-refractivity contribution in [1.29, 1.82) is 0 Å². The van der Waals surface area contributed by atoms with Gasteiger partial charge in [-0.3, -0.25) is 4.68 Å². The molecule has 0 aliphatic carbocycles. The summed E-state index contributed by atoms with van der Waals surface area (Å²) in [5.41, 5.74) is 2.52. The van der Waals surface area contributed by atoms with E-state index in [-0.39, 0.29) is 0 Å². The summed E-state index contributed by atoms with van der Waals surface area (Å²) >= 11 is 0. The van der Waals surface area contributed by atoms with E-state index in [0.717, 1.165) is 31.1 Å². The first kappa shape index (κ1) is 17.2. The normalized spacial score (nSPS) is 13.1. The average Bonchev–Trinajstić information content (AvgIpc) is 2.78. The van der Waals surface area contributed by atoms with Crippen LogP contribution in [0.15, 0.2) is 6.07 Å². The number of hydrogen-bond donors (Lipinski definition) is 1. The van der Waals surface area contributed by atoms with Crippen molar-refractivity contribution in [2.24, 2.45) is 5.92 Å². The van der Waals surface area contributed by atoms with Crippen LogP contribution in [0.2, 0.25) is 0 Å². The van der Waals surface area contributed by atoms with Crippen LogP contribution in [0.1, 0.15) is 64.8 Å². The minimum Gasteiger partial charge on any atom is -0.314 e. The quantitative estimate of drug-likeness (QED) is 0.703. The summed E-state index contributed by atoms with van der Waals surface area (Å²) in [6.07, 6.45) is 6.31. The van der Waals surface area contributed by atoms with Crippen LogP contribution < -0.4 is 5.32 Å². The van der Waals surface area contributed by atoms with Gasteiger partial charge < -0.3 is 5.32 Å². The Morgan fingerprint density at radius 2 is 1.80 bits per heavy atom. The van der Waals surface area contributed by atoms with Crippen molar-refractivity contribution in [3.63, 3.8) is 0 Å². The zero-order valence-electron chi connectivity index (χ0n) is 14.1. The summed E-state index contributed by atoms with van der Waals surface area (Å²) in [4.78, 5) is 0. The first-order valence-electron chi connectivity index (χ1n) is 8.42. The summed E-state index contributed by atoms with van der Waals surface area (Å²) in [6, 6.07) is 2.84. The van der Waals surface area contributed by atoms with E-state index in [9.17, 15) is 0 Å². The van der Waals surface area contributed by atoms with Gasteiger partial charge in [-0.25, -0.2) is 0 Å². The van der Waals surface area contributed by atoms with Gasteiger partial charge in [0.15, 0.2) is 0 Å². The van der Waals surface area contributed by atoms with Crippen molar-refractivity contribution in [2.45, 2.75) is 79.3 Å². The number of nitrogens with zero attached hydrogens (tertiary/aromatic N) is 2. The van der Waals surface area contributed by atoms with Crippen LogP contribution in [0.4, 0.5) is 0 Å². The molecule has 0 aromatic carbocycles. The van der Waals surface area contributed by atoms with Crippen LogP contribution in [0, 0.1) is 12.8 Å². The topological polar surface area (TPSA) is 29.9 Å². The highest BCUT2D eigenvalue weighted by Crippen LogP contribution is 2.21. The zero-order valence-corrected chi connectivity index (χ0v) is 14.1. The van der Waals surface area contributed by atoms with E-state index in [2.05, 4.69) is 55.8 Å². The molecule has 1 aromatic heterocycles. The van der Waals surface area contributed by atoms with E-state index in [1.54, 1.807) is 0 Å². The van der Waals surface area contributed by atoms with Gasteiger partial charge in [0.2, 0.25) is 0 Å². The van der Waals surface area contributed by atoms with Gasteiger partial charge in [-0.15, -0.1) is 0 Å². The van der Waals surface area contributed by atoms with Gasteiger partial charge >= 0.3 is 0 Å². The number of hydrogen-bond acceptors (Lipinski definition) is 2. The second-order valence-corrected chi connectivity index (χ2v) is 5.80. The van der Waals surface area contributed by atoms with Crippen molar-refractivity contribution in [2.75, 3.05) is 6.54 Å². The Morgan fingerprint density at radius 3 is 2.30 bits per heavy atom. The molecule has 1 atom stereocenters. The number of aryl methyl sites for hydroxylation is 2. The minimum absolute atomic E-state index is 0.585. The Bertz CT molecular complexity index is 364. The lowest BCUT2D eigenvalue weighted by Crippen LogP contribution is -2.38. The maximum Gasteiger partial charge on any atom is 0.0596 e. The van der Waals surface area contributed by atoms with Gasteiger partial charge in [0.05, 0.1) is 5.69 Å². The smallest absolute Gasteiger partial charge is 0.0596 e. The molecule has 0 bridgehead atoms. The Morgan fingerprint density at radius 1 is 1.15 bits per heavy atom. The molecule has 1 rings (SSSR count). The fourth-order valence-corrected chi connectivity index (χ4v) is 3.22. The molecule has 3 heteroatoms. The maximum atomic E-state index is 4.58. The number of rotatable bonds is 10. The molecule has 0 saturated carbocycles. The average molecular weight is 279 g/mol. The minimum atomic E-state index is 0.585. The van der Waals surface area contributed by atoms with E-state index < -0.39 is 0 Å². The van der Waals surface area contributed by atoms with Gasteiger partial charge in [0.25, 0.3) is 0 Å². The standard InChI is InChI=1S/C17H33N3/c1-6-10-15(11-7-2)17(18-8-3)13-16-12-14(5)19-20(16)9-4/h12,15,17-18H,6-11,13H2,1-5H3. The molecule has 1 unspecified atom stereocenters. The van der Waals surface area contributed by atoms with Crippen LogP contribution in [0.25, 0.3) is 0 Å².